The minimum atomic E-state index is -1.18. The van der Waals surface area contributed by atoms with Gasteiger partial charge in [0, 0.05) is 25.1 Å². The lowest BCUT2D eigenvalue weighted by atomic mass is 9.43. The van der Waals surface area contributed by atoms with Crippen LogP contribution in [0.2, 0.25) is 0 Å². The summed E-state index contributed by atoms with van der Waals surface area (Å²) in [6, 6.07) is 0.844. The number of aromatic nitrogens is 2. The van der Waals surface area contributed by atoms with Crippen LogP contribution in [0.1, 0.15) is 97.4 Å². The van der Waals surface area contributed by atoms with Gasteiger partial charge in [-0.15, -0.1) is 0 Å². The summed E-state index contributed by atoms with van der Waals surface area (Å²) in [6.45, 7) is 6.86. The minimum Gasteiger partial charge on any atom is -0.396 e. The molecule has 1 aromatic heterocycles. The topological polar surface area (TPSA) is 165 Å². The van der Waals surface area contributed by atoms with E-state index in [0.29, 0.717) is 41.9 Å². The van der Waals surface area contributed by atoms with Gasteiger partial charge < -0.3 is 30.8 Å². The van der Waals surface area contributed by atoms with E-state index in [1.807, 2.05) is 0 Å². The zero-order chi connectivity index (χ0) is 31.6. The molecule has 10 heteroatoms. The van der Waals surface area contributed by atoms with E-state index in [0.717, 1.165) is 57.8 Å². The Labute approximate surface area is 260 Å². The van der Waals surface area contributed by atoms with Gasteiger partial charge >= 0.3 is 5.69 Å². The molecule has 6 rings (SSSR count). The standard InChI is InChI=1S/C34H53N3O7/c1-18(4-7-28(41)35-27-10-13-37(32(44)36-27)25-14-19(17-38)30(42)31(25)43)22-5-6-23-29-24(9-12-34(22,23)3)33(2)11-8-21(39)15-20(33)16-26(29)40/h10,13,18-26,29-31,38-40,42-43H,4-9,11-12,14-17H2,1-3H3,(H,35,36,41,44)/t18-,19-,20+,21-,22-,23+,24+,25?,26-,29+,30-,31-,33+,34-/m1/s1. The van der Waals surface area contributed by atoms with Gasteiger partial charge in [0.15, 0.2) is 0 Å². The first-order valence-electron chi connectivity index (χ1n) is 17.1. The molecule has 0 aliphatic heterocycles. The predicted molar refractivity (Wildman–Crippen MR) is 164 cm³/mol. The normalized spacial score (nSPS) is 45.7. The van der Waals surface area contributed by atoms with Crippen LogP contribution in [0.15, 0.2) is 17.1 Å². The predicted octanol–water partition coefficient (Wildman–Crippen LogP) is 2.86. The number of carbonyl (C=O) groups is 1. The molecule has 0 aromatic carbocycles. The fourth-order valence-electron chi connectivity index (χ4n) is 11.2. The molecule has 5 fully saturated rings. The van der Waals surface area contributed by atoms with E-state index in [9.17, 15) is 35.1 Å². The molecule has 0 saturated heterocycles. The highest BCUT2D eigenvalue weighted by Crippen LogP contribution is 2.68. The average Bonchev–Trinajstić information content (AvgIpc) is 3.48. The van der Waals surface area contributed by atoms with Gasteiger partial charge in [-0.25, -0.2) is 4.79 Å². The van der Waals surface area contributed by atoms with Crippen LogP contribution in [-0.4, -0.2) is 72.0 Å². The summed E-state index contributed by atoms with van der Waals surface area (Å²) in [7, 11) is 0. The fourth-order valence-corrected chi connectivity index (χ4v) is 11.2. The van der Waals surface area contributed by atoms with E-state index in [2.05, 4.69) is 31.1 Å². The van der Waals surface area contributed by atoms with Crippen molar-refractivity contribution in [3.8, 4) is 0 Å². The number of hydrogen-bond acceptors (Lipinski definition) is 8. The van der Waals surface area contributed by atoms with Crippen LogP contribution < -0.4 is 11.0 Å². The number of rotatable bonds is 7. The maximum atomic E-state index is 12.9. The molecule has 14 atom stereocenters. The lowest BCUT2D eigenvalue weighted by Crippen LogP contribution is -2.58. The van der Waals surface area contributed by atoms with Gasteiger partial charge in [0.05, 0.1) is 24.4 Å². The molecule has 1 aromatic rings. The first-order valence-corrected chi connectivity index (χ1v) is 17.1. The van der Waals surface area contributed by atoms with Crippen LogP contribution in [-0.2, 0) is 4.79 Å². The molecule has 5 saturated carbocycles. The van der Waals surface area contributed by atoms with Crippen LogP contribution in [0.4, 0.5) is 5.82 Å². The molecular formula is C34H53N3O7. The second kappa shape index (κ2) is 12.1. The smallest absolute Gasteiger partial charge is 0.349 e. The highest BCUT2D eigenvalue weighted by Gasteiger charge is 2.62. The van der Waals surface area contributed by atoms with Crippen molar-refractivity contribution in [2.75, 3.05) is 11.9 Å². The molecule has 5 aliphatic carbocycles. The highest BCUT2D eigenvalue weighted by atomic mass is 16.3. The number of carbonyl (C=O) groups excluding carboxylic acids is 1. The lowest BCUT2D eigenvalue weighted by molar-refractivity contribution is -0.174. The van der Waals surface area contributed by atoms with E-state index >= 15 is 0 Å². The van der Waals surface area contributed by atoms with Crippen LogP contribution >= 0.6 is 0 Å². The SMILES string of the molecule is C[C@H](CCC(=O)Nc1ccn(C2C[C@H](CO)[C@@H](O)[C@@H]2O)c(=O)n1)[C@H]1CC[C@H]2[C@@H]3[C@H](O)C[C@@H]4C[C@H](O)CC[C@]4(C)[C@H]3CC[C@]12C. The van der Waals surface area contributed by atoms with Crippen molar-refractivity contribution in [1.82, 2.24) is 9.55 Å². The Kier molecular flexibility index (Phi) is 8.80. The van der Waals surface area contributed by atoms with E-state index in [1.54, 1.807) is 0 Å². The van der Waals surface area contributed by atoms with Gasteiger partial charge in [0.2, 0.25) is 5.91 Å². The molecule has 1 unspecified atom stereocenters. The molecule has 5 aliphatic rings. The van der Waals surface area contributed by atoms with Crippen LogP contribution in [0.5, 0.6) is 0 Å². The molecule has 0 bridgehead atoms. The van der Waals surface area contributed by atoms with Crippen molar-refractivity contribution < 1.29 is 30.3 Å². The second-order valence-corrected chi connectivity index (χ2v) is 15.7. The van der Waals surface area contributed by atoms with Crippen LogP contribution in [0.3, 0.4) is 0 Å². The average molecular weight is 616 g/mol. The molecule has 6 N–H and O–H groups in total. The third-order valence-corrected chi connectivity index (χ3v) is 13.7. The first-order chi connectivity index (χ1) is 20.9. The number of amides is 1. The third-order valence-electron chi connectivity index (χ3n) is 13.7. The van der Waals surface area contributed by atoms with Crippen molar-refractivity contribution in [2.45, 2.75) is 122 Å². The van der Waals surface area contributed by atoms with Crippen molar-refractivity contribution in [3.05, 3.63) is 22.7 Å². The number of nitrogens with one attached hydrogen (secondary N) is 1. The number of hydrogen-bond donors (Lipinski definition) is 6. The Morgan fingerprint density at radius 1 is 1.02 bits per heavy atom. The quantitative estimate of drug-likeness (QED) is 0.273. The monoisotopic (exact) mass is 615 g/mol. The molecule has 1 heterocycles. The summed E-state index contributed by atoms with van der Waals surface area (Å²) in [5.74, 6) is 2.03. The number of nitrogens with zero attached hydrogens (tertiary/aromatic N) is 2. The van der Waals surface area contributed by atoms with Gasteiger partial charge in [0.25, 0.3) is 0 Å². The Morgan fingerprint density at radius 3 is 2.45 bits per heavy atom. The van der Waals surface area contributed by atoms with Gasteiger partial charge in [-0.1, -0.05) is 20.8 Å². The zero-order valence-electron chi connectivity index (χ0n) is 26.5. The third kappa shape index (κ3) is 5.36. The molecule has 0 spiro atoms. The Bertz CT molecular complexity index is 1270. The summed E-state index contributed by atoms with van der Waals surface area (Å²) < 4.78 is 1.26. The maximum Gasteiger partial charge on any atom is 0.349 e. The molecule has 246 valence electrons. The van der Waals surface area contributed by atoms with E-state index in [-0.39, 0.29) is 47.8 Å². The largest absolute Gasteiger partial charge is 0.396 e. The summed E-state index contributed by atoms with van der Waals surface area (Å²) >= 11 is 0. The minimum absolute atomic E-state index is 0.148. The molecule has 0 radical (unpaired) electrons. The first kappa shape index (κ1) is 32.1. The van der Waals surface area contributed by atoms with Crippen LogP contribution in [0, 0.1) is 52.3 Å². The molecular weight excluding hydrogens is 562 g/mol. The fraction of sp³-hybridized carbons (Fsp3) is 0.853. The molecule has 1 amide bonds. The van der Waals surface area contributed by atoms with Crippen LogP contribution in [0.25, 0.3) is 0 Å². The lowest BCUT2D eigenvalue weighted by Gasteiger charge is -2.62. The van der Waals surface area contributed by atoms with Gasteiger partial charge in [0.1, 0.15) is 11.9 Å². The molecule has 10 nitrogen and oxygen atoms in total. The van der Waals surface area contributed by atoms with Crippen molar-refractivity contribution in [1.29, 1.82) is 0 Å². The number of anilines is 1. The Hall–Kier alpha value is -1.85. The summed E-state index contributed by atoms with van der Waals surface area (Å²) in [5, 5.41) is 54.5. The van der Waals surface area contributed by atoms with Crippen molar-refractivity contribution in [2.24, 2.45) is 52.3 Å². The second-order valence-electron chi connectivity index (χ2n) is 15.7. The van der Waals surface area contributed by atoms with Gasteiger partial charge in [-0.05, 0) is 117 Å². The van der Waals surface area contributed by atoms with Crippen molar-refractivity contribution in [3.63, 3.8) is 0 Å². The van der Waals surface area contributed by atoms with E-state index in [1.165, 1.54) is 16.8 Å². The number of fused-ring (bicyclic) bond motifs is 5. The zero-order valence-corrected chi connectivity index (χ0v) is 26.5. The molecule has 44 heavy (non-hydrogen) atoms. The van der Waals surface area contributed by atoms with E-state index < -0.39 is 29.9 Å². The maximum absolute atomic E-state index is 12.9. The summed E-state index contributed by atoms with van der Waals surface area (Å²) in [6.07, 6.45) is 8.11. The Morgan fingerprint density at radius 2 is 1.75 bits per heavy atom. The summed E-state index contributed by atoms with van der Waals surface area (Å²) in [4.78, 5) is 29.7. The highest BCUT2D eigenvalue weighted by molar-refractivity contribution is 5.89. The van der Waals surface area contributed by atoms with E-state index in [4.69, 9.17) is 0 Å². The number of aliphatic hydroxyl groups excluding tert-OH is 5. The number of aliphatic hydroxyl groups is 5. The summed E-state index contributed by atoms with van der Waals surface area (Å²) in [5.41, 5.74) is -0.267. The van der Waals surface area contributed by atoms with Gasteiger partial charge in [-0.3, -0.25) is 9.36 Å². The Balaban J connectivity index is 1.06. The van der Waals surface area contributed by atoms with Crippen molar-refractivity contribution >= 4 is 11.7 Å². The van der Waals surface area contributed by atoms with Gasteiger partial charge in [-0.2, -0.15) is 4.98 Å².